The molecule has 6 aliphatic rings. The molecule has 4 heterocycles. The fourth-order valence-corrected chi connectivity index (χ4v) is 11.9. The molecule has 2 saturated carbocycles. The average molecular weight is 719 g/mol. The van der Waals surface area contributed by atoms with Crippen molar-refractivity contribution in [2.24, 2.45) is 5.92 Å². The third-order valence-electron chi connectivity index (χ3n) is 13.0. The van der Waals surface area contributed by atoms with Gasteiger partial charge in [-0.15, -0.1) is 11.8 Å². The standard InChI is InChI=1S/C40H58N6O4S/c1-4-34(47)45-24-23-44(25-30(45)19-21-41)38-33-18-20-40(37(49-3)32-17-11-10-13-28(32)27-51-40)36(48)35(33)42-39(50-26-31-16-12-22-43(31)2)46(38)29-14-8-6-5-7-9-15-29/h4,10-11,13,17,29-31,33,35,37-39,42H,1,5-9,12,14-16,18-20,22-27H2,2-3H3/t30?,31?,33?,35?,37?,38?,39?,40-/m1/s1. The van der Waals surface area contributed by atoms with E-state index in [1.165, 1.54) is 50.2 Å². The monoisotopic (exact) mass is 718 g/mol. The van der Waals surface area contributed by atoms with Crippen LogP contribution in [0.4, 0.5) is 0 Å². The van der Waals surface area contributed by atoms with E-state index in [9.17, 15) is 10.1 Å². The van der Waals surface area contributed by atoms with E-state index in [1.807, 2.05) is 4.90 Å². The second-order valence-electron chi connectivity index (χ2n) is 15.8. The molecule has 278 valence electrons. The molecule has 2 aliphatic carbocycles. The summed E-state index contributed by atoms with van der Waals surface area (Å²) in [7, 11) is 3.95. The summed E-state index contributed by atoms with van der Waals surface area (Å²) in [6, 6.07) is 10.8. The molecule has 7 unspecified atom stereocenters. The van der Waals surface area contributed by atoms with Gasteiger partial charge in [0.05, 0.1) is 37.3 Å². The van der Waals surface area contributed by atoms with Crippen LogP contribution in [0.1, 0.15) is 94.3 Å². The number of hydrogen-bond acceptors (Lipinski definition) is 10. The molecule has 0 bridgehead atoms. The third-order valence-corrected chi connectivity index (χ3v) is 14.6. The van der Waals surface area contributed by atoms with E-state index >= 15 is 4.79 Å². The van der Waals surface area contributed by atoms with Crippen LogP contribution in [0.5, 0.6) is 0 Å². The lowest BCUT2D eigenvalue weighted by atomic mass is 9.69. The number of ketones is 1. The van der Waals surface area contributed by atoms with Gasteiger partial charge in [-0.25, -0.2) is 4.90 Å². The number of nitriles is 1. The Morgan fingerprint density at radius 1 is 1.08 bits per heavy atom. The van der Waals surface area contributed by atoms with Crippen molar-refractivity contribution in [3.63, 3.8) is 0 Å². The van der Waals surface area contributed by atoms with Crippen LogP contribution in [-0.2, 0) is 24.8 Å². The van der Waals surface area contributed by atoms with Gasteiger partial charge < -0.3 is 19.3 Å². The molecule has 1 amide bonds. The number of nitrogens with zero attached hydrogens (tertiary/aromatic N) is 5. The first-order valence-corrected chi connectivity index (χ1v) is 20.6. The van der Waals surface area contributed by atoms with Crippen molar-refractivity contribution in [2.75, 3.05) is 46.9 Å². The predicted octanol–water partition coefficient (Wildman–Crippen LogP) is 5.06. The van der Waals surface area contributed by atoms with E-state index in [2.05, 4.69) is 64.0 Å². The van der Waals surface area contributed by atoms with Crippen LogP contribution < -0.4 is 5.32 Å². The van der Waals surface area contributed by atoms with Crippen LogP contribution in [0.3, 0.4) is 0 Å². The van der Waals surface area contributed by atoms with Crippen LogP contribution in [-0.4, -0.2) is 120 Å². The molecule has 0 aromatic heterocycles. The van der Waals surface area contributed by atoms with Crippen LogP contribution in [0.2, 0.25) is 0 Å². The molecule has 4 aliphatic heterocycles. The predicted molar refractivity (Wildman–Crippen MR) is 199 cm³/mol. The van der Waals surface area contributed by atoms with Gasteiger partial charge in [0.2, 0.25) is 5.91 Å². The molecular weight excluding hydrogens is 661 g/mol. The molecule has 3 saturated heterocycles. The second-order valence-corrected chi connectivity index (χ2v) is 17.1. The van der Waals surface area contributed by atoms with Crippen LogP contribution in [0.25, 0.3) is 0 Å². The molecular formula is C40H58N6O4S. The molecule has 7 rings (SSSR count). The van der Waals surface area contributed by atoms with Gasteiger partial charge in [-0.3, -0.25) is 19.8 Å². The summed E-state index contributed by atoms with van der Waals surface area (Å²) < 4.78 is 12.7. The number of Topliss-reactive ketones (excluding diaryl/α,β-unsaturated/α-hetero) is 1. The number of amides is 1. The van der Waals surface area contributed by atoms with Crippen LogP contribution >= 0.6 is 11.8 Å². The molecule has 1 N–H and O–H groups in total. The minimum Gasteiger partial charge on any atom is -0.375 e. The lowest BCUT2D eigenvalue weighted by Crippen LogP contribution is -2.77. The fourth-order valence-electron chi connectivity index (χ4n) is 10.4. The second kappa shape index (κ2) is 16.4. The third kappa shape index (κ3) is 7.19. The maximum atomic E-state index is 15.4. The zero-order chi connectivity index (χ0) is 35.5. The number of piperazine rings is 1. The van der Waals surface area contributed by atoms with E-state index in [4.69, 9.17) is 9.47 Å². The summed E-state index contributed by atoms with van der Waals surface area (Å²) >= 11 is 1.77. The fraction of sp³-hybridized carbons (Fsp3) is 0.725. The first-order chi connectivity index (χ1) is 24.9. The Morgan fingerprint density at radius 3 is 2.59 bits per heavy atom. The first-order valence-electron chi connectivity index (χ1n) is 19.6. The smallest absolute Gasteiger partial charge is 0.246 e. The van der Waals surface area contributed by atoms with Crippen molar-refractivity contribution in [1.29, 1.82) is 5.26 Å². The molecule has 1 aromatic carbocycles. The number of carbonyl (C=O) groups excluding carboxylic acids is 2. The summed E-state index contributed by atoms with van der Waals surface area (Å²) in [5, 5.41) is 13.8. The van der Waals surface area contributed by atoms with Gasteiger partial charge in [-0.05, 0) is 69.3 Å². The lowest BCUT2D eigenvalue weighted by molar-refractivity contribution is -0.214. The number of hydrogen-bond donors (Lipinski definition) is 1. The number of rotatable bonds is 8. The number of likely N-dealkylation sites (tertiary alicyclic amines) is 1. The Kier molecular flexibility index (Phi) is 11.9. The van der Waals surface area contributed by atoms with Crippen molar-refractivity contribution in [3.8, 4) is 6.07 Å². The van der Waals surface area contributed by atoms with Gasteiger partial charge in [0.1, 0.15) is 10.9 Å². The highest BCUT2D eigenvalue weighted by atomic mass is 32.2. The average Bonchev–Trinajstić information content (AvgIpc) is 3.55. The largest absolute Gasteiger partial charge is 0.375 e. The number of nitrogens with one attached hydrogen (secondary N) is 1. The number of fused-ring (bicyclic) bond motifs is 2. The van der Waals surface area contributed by atoms with Crippen molar-refractivity contribution in [2.45, 2.75) is 130 Å². The Morgan fingerprint density at radius 2 is 1.86 bits per heavy atom. The minimum atomic E-state index is -0.682. The van der Waals surface area contributed by atoms with E-state index in [-0.39, 0.29) is 42.3 Å². The molecule has 10 nitrogen and oxygen atoms in total. The highest BCUT2D eigenvalue weighted by Crippen LogP contribution is 2.55. The summed E-state index contributed by atoms with van der Waals surface area (Å²) in [6.07, 6.45) is 13.1. The summed E-state index contributed by atoms with van der Waals surface area (Å²) in [6.45, 7) is 7.25. The zero-order valence-corrected chi connectivity index (χ0v) is 31.5. The van der Waals surface area contributed by atoms with Gasteiger partial charge in [0.25, 0.3) is 0 Å². The van der Waals surface area contributed by atoms with Gasteiger partial charge in [0, 0.05) is 50.5 Å². The highest BCUT2D eigenvalue weighted by Gasteiger charge is 2.61. The molecule has 0 radical (unpaired) electrons. The first kappa shape index (κ1) is 37.0. The molecule has 8 atom stereocenters. The van der Waals surface area contributed by atoms with E-state index in [0.717, 1.165) is 50.0 Å². The Hall–Kier alpha value is -2.30. The Balaban J connectivity index is 1.27. The number of carbonyl (C=O) groups is 2. The van der Waals surface area contributed by atoms with Gasteiger partial charge in [0.15, 0.2) is 12.1 Å². The number of methoxy groups -OCH3 is 1. The molecule has 5 fully saturated rings. The Labute approximate surface area is 309 Å². The van der Waals surface area contributed by atoms with Crippen molar-refractivity contribution in [1.82, 2.24) is 24.9 Å². The van der Waals surface area contributed by atoms with Gasteiger partial charge in [-0.2, -0.15) is 5.26 Å². The number of thioether (sulfide) groups is 1. The summed E-state index contributed by atoms with van der Waals surface area (Å²) in [5.74, 6) is 0.932. The van der Waals surface area contributed by atoms with E-state index < -0.39 is 17.1 Å². The zero-order valence-electron chi connectivity index (χ0n) is 30.7. The maximum Gasteiger partial charge on any atom is 0.246 e. The summed E-state index contributed by atoms with van der Waals surface area (Å²) in [5.41, 5.74) is 2.38. The normalized spacial score (nSPS) is 35.8. The quantitative estimate of drug-likeness (QED) is 0.368. The van der Waals surface area contributed by atoms with E-state index in [1.54, 1.807) is 18.9 Å². The van der Waals surface area contributed by atoms with Gasteiger partial charge >= 0.3 is 0 Å². The lowest BCUT2D eigenvalue weighted by Gasteiger charge is -2.60. The highest BCUT2D eigenvalue weighted by molar-refractivity contribution is 8.00. The molecule has 11 heteroatoms. The Bertz CT molecular complexity index is 1450. The van der Waals surface area contributed by atoms with Crippen LogP contribution in [0.15, 0.2) is 36.9 Å². The molecule has 51 heavy (non-hydrogen) atoms. The van der Waals surface area contributed by atoms with Crippen molar-refractivity contribution >= 4 is 23.5 Å². The summed E-state index contributed by atoms with van der Waals surface area (Å²) in [4.78, 5) is 37.7. The SMILES string of the molecule is C=CC(=O)N1CCN(C2C3CC[C@@]4(SCc5ccccc5C4OC)C(=O)C3NC(OCC3CCCN3C)N2C2CCCCCCC2)CC1CC#N. The van der Waals surface area contributed by atoms with Crippen LogP contribution in [0, 0.1) is 17.2 Å². The number of likely N-dealkylation sites (N-methyl/N-ethyl adjacent to an activating group) is 1. The topological polar surface area (TPSA) is 101 Å². The van der Waals surface area contributed by atoms with Crippen molar-refractivity contribution in [3.05, 3.63) is 48.0 Å². The van der Waals surface area contributed by atoms with Gasteiger partial charge in [-0.1, -0.05) is 62.9 Å². The number of benzene rings is 1. The molecule has 1 spiro atoms. The number of ether oxygens (including phenoxy) is 2. The maximum absolute atomic E-state index is 15.4. The van der Waals surface area contributed by atoms with Crippen molar-refractivity contribution < 1.29 is 19.1 Å². The minimum absolute atomic E-state index is 0.0298. The van der Waals surface area contributed by atoms with E-state index in [0.29, 0.717) is 38.3 Å². The molecule has 1 aromatic rings.